The molecule has 20 heavy (non-hydrogen) atoms. The summed E-state index contributed by atoms with van der Waals surface area (Å²) in [7, 11) is 0. The Morgan fingerprint density at radius 3 is 2.65 bits per heavy atom. The highest BCUT2D eigenvalue weighted by atomic mass is 16.1. The Morgan fingerprint density at radius 1 is 1.25 bits per heavy atom. The molecule has 0 aliphatic heterocycles. The number of fused-ring (bicyclic) bond motifs is 1. The number of hydrogen-bond acceptors (Lipinski definition) is 3. The third-order valence-electron chi connectivity index (χ3n) is 3.20. The standard InChI is InChI=1S/C15H22N4O/c1-10(2)9-13(20)16-14(11(3)4)15-18-17-12-7-5-6-8-19(12)15/h5-8,10-11,14H,9H2,1-4H3,(H,16,20)/t14-/m0/s1. The lowest BCUT2D eigenvalue weighted by atomic mass is 10.0. The molecule has 1 atom stereocenters. The van der Waals surface area contributed by atoms with Gasteiger partial charge in [0.15, 0.2) is 11.5 Å². The van der Waals surface area contributed by atoms with Crippen molar-refractivity contribution >= 4 is 11.6 Å². The van der Waals surface area contributed by atoms with Crippen molar-refractivity contribution < 1.29 is 4.79 Å². The Labute approximate surface area is 119 Å². The Morgan fingerprint density at radius 2 is 2.00 bits per heavy atom. The summed E-state index contributed by atoms with van der Waals surface area (Å²) >= 11 is 0. The first-order chi connectivity index (χ1) is 9.49. The molecule has 1 N–H and O–H groups in total. The maximum atomic E-state index is 12.0. The number of aromatic nitrogens is 3. The molecule has 0 saturated heterocycles. The maximum Gasteiger partial charge on any atom is 0.220 e. The van der Waals surface area contributed by atoms with Gasteiger partial charge in [0.25, 0.3) is 0 Å². The monoisotopic (exact) mass is 274 g/mol. The summed E-state index contributed by atoms with van der Waals surface area (Å²) in [5.41, 5.74) is 0.797. The zero-order valence-corrected chi connectivity index (χ0v) is 12.5. The van der Waals surface area contributed by atoms with Crippen LogP contribution in [0.1, 0.15) is 46.0 Å². The van der Waals surface area contributed by atoms with Crippen molar-refractivity contribution in [1.29, 1.82) is 0 Å². The Bertz CT molecular complexity index is 588. The minimum Gasteiger partial charge on any atom is -0.346 e. The Balaban J connectivity index is 2.27. The van der Waals surface area contributed by atoms with Crippen LogP contribution in [0.15, 0.2) is 24.4 Å². The van der Waals surface area contributed by atoms with Gasteiger partial charge in [-0.05, 0) is 24.0 Å². The van der Waals surface area contributed by atoms with Gasteiger partial charge in [0.2, 0.25) is 5.91 Å². The number of pyridine rings is 1. The number of carbonyl (C=O) groups is 1. The summed E-state index contributed by atoms with van der Waals surface area (Å²) in [5, 5.41) is 11.5. The van der Waals surface area contributed by atoms with E-state index in [4.69, 9.17) is 0 Å². The molecule has 2 aromatic heterocycles. The van der Waals surface area contributed by atoms with E-state index < -0.39 is 0 Å². The normalized spacial score (nSPS) is 13.1. The molecule has 0 saturated carbocycles. The first-order valence-corrected chi connectivity index (χ1v) is 7.08. The van der Waals surface area contributed by atoms with Gasteiger partial charge in [0.1, 0.15) is 0 Å². The number of carbonyl (C=O) groups excluding carboxylic acids is 1. The number of hydrogen-bond donors (Lipinski definition) is 1. The fourth-order valence-corrected chi connectivity index (χ4v) is 2.20. The van der Waals surface area contributed by atoms with Gasteiger partial charge >= 0.3 is 0 Å². The minimum absolute atomic E-state index is 0.0615. The molecule has 2 rings (SSSR count). The molecule has 5 heteroatoms. The van der Waals surface area contributed by atoms with E-state index in [1.54, 1.807) is 0 Å². The molecule has 0 fully saturated rings. The molecule has 0 spiro atoms. The van der Waals surface area contributed by atoms with Crippen molar-refractivity contribution in [3.05, 3.63) is 30.2 Å². The van der Waals surface area contributed by atoms with E-state index in [0.29, 0.717) is 12.3 Å². The molecule has 108 valence electrons. The van der Waals surface area contributed by atoms with Crippen molar-refractivity contribution in [2.24, 2.45) is 11.8 Å². The smallest absolute Gasteiger partial charge is 0.220 e. The quantitative estimate of drug-likeness (QED) is 0.911. The summed E-state index contributed by atoms with van der Waals surface area (Å²) in [6.07, 6.45) is 2.45. The van der Waals surface area contributed by atoms with Crippen LogP contribution in [0.3, 0.4) is 0 Å². The first kappa shape index (κ1) is 14.5. The summed E-state index contributed by atoms with van der Waals surface area (Å²) in [6.45, 7) is 8.22. The van der Waals surface area contributed by atoms with Crippen LogP contribution in [0.4, 0.5) is 0 Å². The van der Waals surface area contributed by atoms with E-state index >= 15 is 0 Å². The average Bonchev–Trinajstić information content (AvgIpc) is 2.78. The SMILES string of the molecule is CC(C)CC(=O)N[C@H](c1nnc2ccccn12)C(C)C. The Hall–Kier alpha value is -1.91. The zero-order valence-electron chi connectivity index (χ0n) is 12.5. The predicted octanol–water partition coefficient (Wildman–Crippen LogP) is 2.59. The minimum atomic E-state index is -0.126. The summed E-state index contributed by atoms with van der Waals surface area (Å²) in [5.74, 6) is 1.44. The number of rotatable bonds is 5. The number of amides is 1. The van der Waals surface area contributed by atoms with Gasteiger partial charge in [-0.1, -0.05) is 33.8 Å². The summed E-state index contributed by atoms with van der Waals surface area (Å²) in [4.78, 5) is 12.0. The van der Waals surface area contributed by atoms with Gasteiger partial charge < -0.3 is 5.32 Å². The third-order valence-corrected chi connectivity index (χ3v) is 3.20. The highest BCUT2D eigenvalue weighted by Crippen LogP contribution is 2.21. The van der Waals surface area contributed by atoms with E-state index in [2.05, 4.69) is 29.4 Å². The topological polar surface area (TPSA) is 59.3 Å². The van der Waals surface area contributed by atoms with Crippen LogP contribution in [0.5, 0.6) is 0 Å². The van der Waals surface area contributed by atoms with Crippen LogP contribution in [0, 0.1) is 11.8 Å². The lowest BCUT2D eigenvalue weighted by Gasteiger charge is -2.21. The van der Waals surface area contributed by atoms with Crippen LogP contribution >= 0.6 is 0 Å². The molecule has 0 radical (unpaired) electrons. The van der Waals surface area contributed by atoms with Crippen molar-refractivity contribution in [3.63, 3.8) is 0 Å². The molecule has 1 amide bonds. The van der Waals surface area contributed by atoms with E-state index in [1.165, 1.54) is 0 Å². The van der Waals surface area contributed by atoms with Gasteiger partial charge in [-0.15, -0.1) is 10.2 Å². The van der Waals surface area contributed by atoms with Crippen molar-refractivity contribution in [2.45, 2.75) is 40.2 Å². The second kappa shape index (κ2) is 6.03. The number of nitrogens with zero attached hydrogens (tertiary/aromatic N) is 3. The van der Waals surface area contributed by atoms with Gasteiger partial charge in [-0.2, -0.15) is 0 Å². The maximum absolute atomic E-state index is 12.0. The molecule has 5 nitrogen and oxygen atoms in total. The molecule has 0 unspecified atom stereocenters. The largest absolute Gasteiger partial charge is 0.346 e. The van der Waals surface area contributed by atoms with Crippen LogP contribution in [-0.2, 0) is 4.79 Å². The van der Waals surface area contributed by atoms with E-state index in [1.807, 2.05) is 42.6 Å². The highest BCUT2D eigenvalue weighted by Gasteiger charge is 2.23. The van der Waals surface area contributed by atoms with Gasteiger partial charge in [0.05, 0.1) is 6.04 Å². The molecule has 2 aromatic rings. The van der Waals surface area contributed by atoms with E-state index in [9.17, 15) is 4.79 Å². The van der Waals surface area contributed by atoms with E-state index in [0.717, 1.165) is 11.5 Å². The van der Waals surface area contributed by atoms with Crippen molar-refractivity contribution in [2.75, 3.05) is 0 Å². The lowest BCUT2D eigenvalue weighted by Crippen LogP contribution is -2.33. The van der Waals surface area contributed by atoms with Gasteiger partial charge in [0, 0.05) is 12.6 Å². The molecule has 0 bridgehead atoms. The first-order valence-electron chi connectivity index (χ1n) is 7.08. The van der Waals surface area contributed by atoms with Crippen LogP contribution in [0.25, 0.3) is 5.65 Å². The molecular formula is C15H22N4O. The third kappa shape index (κ3) is 3.15. The molecule has 2 heterocycles. The van der Waals surface area contributed by atoms with Crippen molar-refractivity contribution in [3.8, 4) is 0 Å². The average molecular weight is 274 g/mol. The lowest BCUT2D eigenvalue weighted by molar-refractivity contribution is -0.122. The molecule has 0 aliphatic rings. The van der Waals surface area contributed by atoms with Crippen molar-refractivity contribution in [1.82, 2.24) is 19.9 Å². The second-order valence-corrected chi connectivity index (χ2v) is 5.87. The molecule has 0 aromatic carbocycles. The fourth-order valence-electron chi connectivity index (χ4n) is 2.20. The summed E-state index contributed by atoms with van der Waals surface area (Å²) in [6, 6.07) is 5.64. The Kier molecular flexibility index (Phi) is 4.37. The highest BCUT2D eigenvalue weighted by molar-refractivity contribution is 5.76. The predicted molar refractivity (Wildman–Crippen MR) is 78.2 cm³/mol. The van der Waals surface area contributed by atoms with Crippen LogP contribution in [-0.4, -0.2) is 20.5 Å². The van der Waals surface area contributed by atoms with Crippen LogP contribution in [0.2, 0.25) is 0 Å². The van der Waals surface area contributed by atoms with Crippen LogP contribution < -0.4 is 5.32 Å². The second-order valence-electron chi connectivity index (χ2n) is 5.87. The summed E-state index contributed by atoms with van der Waals surface area (Å²) < 4.78 is 1.93. The number of nitrogens with one attached hydrogen (secondary N) is 1. The van der Waals surface area contributed by atoms with Gasteiger partial charge in [-0.3, -0.25) is 9.20 Å². The van der Waals surface area contributed by atoms with Gasteiger partial charge in [-0.25, -0.2) is 0 Å². The molecular weight excluding hydrogens is 252 g/mol. The fraction of sp³-hybridized carbons (Fsp3) is 0.533. The zero-order chi connectivity index (χ0) is 14.7. The van der Waals surface area contributed by atoms with E-state index in [-0.39, 0.29) is 17.9 Å². The molecule has 0 aliphatic carbocycles.